The first-order chi connectivity index (χ1) is 7.93. The number of esters is 1. The molecule has 1 unspecified atom stereocenters. The third-order valence-electron chi connectivity index (χ3n) is 2.96. The SMILES string of the molecule is CC(N)C1=C(c2ccccc2)C(C)(C)OC1=O. The number of rotatable bonds is 2. The van der Waals surface area contributed by atoms with Crippen LogP contribution in [0.5, 0.6) is 0 Å². The molecular weight excluding hydrogens is 214 g/mol. The first-order valence-electron chi connectivity index (χ1n) is 5.72. The summed E-state index contributed by atoms with van der Waals surface area (Å²) in [6, 6.07) is 9.46. The van der Waals surface area contributed by atoms with Gasteiger partial charge in [-0.3, -0.25) is 0 Å². The van der Waals surface area contributed by atoms with Crippen molar-refractivity contribution in [3.05, 3.63) is 41.5 Å². The fourth-order valence-electron chi connectivity index (χ4n) is 2.29. The Morgan fingerprint density at radius 1 is 1.24 bits per heavy atom. The summed E-state index contributed by atoms with van der Waals surface area (Å²) in [7, 11) is 0. The maximum atomic E-state index is 11.9. The van der Waals surface area contributed by atoms with Gasteiger partial charge in [-0.25, -0.2) is 4.79 Å². The van der Waals surface area contributed by atoms with Crippen molar-refractivity contribution >= 4 is 11.5 Å². The van der Waals surface area contributed by atoms with E-state index in [0.29, 0.717) is 5.57 Å². The van der Waals surface area contributed by atoms with E-state index >= 15 is 0 Å². The molecule has 0 saturated heterocycles. The standard InChI is InChI=1S/C14H17NO2/c1-9(15)11-12(10-7-5-4-6-8-10)14(2,3)17-13(11)16/h4-9H,15H2,1-3H3. The van der Waals surface area contributed by atoms with E-state index in [1.807, 2.05) is 44.2 Å². The molecule has 0 spiro atoms. The third-order valence-corrected chi connectivity index (χ3v) is 2.96. The van der Waals surface area contributed by atoms with Gasteiger partial charge in [0.05, 0.1) is 5.57 Å². The molecule has 1 atom stereocenters. The van der Waals surface area contributed by atoms with Gasteiger partial charge in [0.15, 0.2) is 0 Å². The van der Waals surface area contributed by atoms with E-state index in [4.69, 9.17) is 10.5 Å². The molecule has 2 N–H and O–H groups in total. The Labute approximate surface area is 101 Å². The lowest BCUT2D eigenvalue weighted by molar-refractivity contribution is -0.144. The third kappa shape index (κ3) is 1.98. The fourth-order valence-corrected chi connectivity index (χ4v) is 2.29. The Hall–Kier alpha value is -1.61. The number of ether oxygens (including phenoxy) is 1. The molecule has 0 amide bonds. The maximum Gasteiger partial charge on any atom is 0.336 e. The van der Waals surface area contributed by atoms with Crippen molar-refractivity contribution < 1.29 is 9.53 Å². The van der Waals surface area contributed by atoms with Gasteiger partial charge in [0.25, 0.3) is 0 Å². The summed E-state index contributed by atoms with van der Waals surface area (Å²) in [6.07, 6.45) is 0. The average Bonchev–Trinajstić information content (AvgIpc) is 2.49. The van der Waals surface area contributed by atoms with Gasteiger partial charge in [-0.05, 0) is 26.3 Å². The van der Waals surface area contributed by atoms with Crippen LogP contribution in [0.15, 0.2) is 35.9 Å². The number of hydrogen-bond donors (Lipinski definition) is 1. The van der Waals surface area contributed by atoms with E-state index in [1.54, 1.807) is 6.92 Å². The molecule has 0 fully saturated rings. The van der Waals surface area contributed by atoms with E-state index < -0.39 is 5.60 Å². The molecule has 1 aliphatic heterocycles. The lowest BCUT2D eigenvalue weighted by Crippen LogP contribution is -2.22. The number of cyclic esters (lactones) is 1. The predicted octanol–water partition coefficient (Wildman–Crippen LogP) is 2.12. The Balaban J connectivity index is 2.63. The summed E-state index contributed by atoms with van der Waals surface area (Å²) in [5.74, 6) is -0.302. The van der Waals surface area contributed by atoms with Crippen molar-refractivity contribution in [1.82, 2.24) is 0 Å². The topological polar surface area (TPSA) is 52.3 Å². The van der Waals surface area contributed by atoms with Crippen LogP contribution in [0.1, 0.15) is 26.3 Å². The Bertz CT molecular complexity index is 472. The zero-order valence-corrected chi connectivity index (χ0v) is 10.4. The van der Waals surface area contributed by atoms with Crippen molar-refractivity contribution in [2.24, 2.45) is 5.73 Å². The minimum atomic E-state index is -0.610. The summed E-state index contributed by atoms with van der Waals surface area (Å²) < 4.78 is 5.40. The van der Waals surface area contributed by atoms with Gasteiger partial charge in [-0.2, -0.15) is 0 Å². The molecule has 1 aromatic rings. The van der Waals surface area contributed by atoms with Crippen LogP contribution in [0.25, 0.3) is 5.57 Å². The summed E-state index contributed by atoms with van der Waals surface area (Å²) >= 11 is 0. The highest BCUT2D eigenvalue weighted by atomic mass is 16.6. The number of nitrogens with two attached hydrogens (primary N) is 1. The monoisotopic (exact) mass is 231 g/mol. The number of carbonyl (C=O) groups is 1. The van der Waals surface area contributed by atoms with E-state index in [2.05, 4.69) is 0 Å². The first-order valence-corrected chi connectivity index (χ1v) is 5.72. The minimum Gasteiger partial charge on any atom is -0.451 e. The van der Waals surface area contributed by atoms with Gasteiger partial charge in [-0.15, -0.1) is 0 Å². The molecule has 3 heteroatoms. The molecule has 0 bridgehead atoms. The molecule has 1 aromatic carbocycles. The zero-order valence-electron chi connectivity index (χ0n) is 10.4. The van der Waals surface area contributed by atoms with Crippen LogP contribution in [-0.2, 0) is 9.53 Å². The summed E-state index contributed by atoms with van der Waals surface area (Å²) in [6.45, 7) is 5.59. The van der Waals surface area contributed by atoms with Crippen molar-refractivity contribution in [3.8, 4) is 0 Å². The second-order valence-electron chi connectivity index (χ2n) is 4.84. The summed E-state index contributed by atoms with van der Waals surface area (Å²) in [4.78, 5) is 11.9. The van der Waals surface area contributed by atoms with Gasteiger partial charge in [0.1, 0.15) is 5.60 Å². The molecule has 17 heavy (non-hydrogen) atoms. The maximum absolute atomic E-state index is 11.9. The van der Waals surface area contributed by atoms with Gasteiger partial charge in [-0.1, -0.05) is 30.3 Å². The molecule has 2 rings (SSSR count). The van der Waals surface area contributed by atoms with E-state index in [-0.39, 0.29) is 12.0 Å². The lowest BCUT2D eigenvalue weighted by Gasteiger charge is -2.21. The quantitative estimate of drug-likeness (QED) is 0.793. The average molecular weight is 231 g/mol. The Morgan fingerprint density at radius 2 is 1.82 bits per heavy atom. The highest BCUT2D eigenvalue weighted by Crippen LogP contribution is 2.40. The molecular formula is C14H17NO2. The summed E-state index contributed by atoms with van der Waals surface area (Å²) in [5.41, 5.74) is 7.75. The van der Waals surface area contributed by atoms with Gasteiger partial charge in [0.2, 0.25) is 0 Å². The Morgan fingerprint density at radius 3 is 2.35 bits per heavy atom. The van der Waals surface area contributed by atoms with Gasteiger partial charge >= 0.3 is 5.97 Å². The van der Waals surface area contributed by atoms with Crippen molar-refractivity contribution in [2.45, 2.75) is 32.4 Å². The molecule has 0 aromatic heterocycles. The normalized spacial score (nSPS) is 20.4. The zero-order chi connectivity index (χ0) is 12.6. The largest absolute Gasteiger partial charge is 0.451 e. The van der Waals surface area contributed by atoms with Crippen molar-refractivity contribution in [3.63, 3.8) is 0 Å². The second kappa shape index (κ2) is 4.00. The molecule has 90 valence electrons. The lowest BCUT2D eigenvalue weighted by atomic mass is 9.87. The fraction of sp³-hybridized carbons (Fsp3) is 0.357. The number of benzene rings is 1. The molecule has 1 heterocycles. The summed E-state index contributed by atoms with van der Waals surface area (Å²) in [5, 5.41) is 0. The van der Waals surface area contributed by atoms with Crippen LogP contribution in [0.3, 0.4) is 0 Å². The molecule has 0 radical (unpaired) electrons. The smallest absolute Gasteiger partial charge is 0.336 e. The van der Waals surface area contributed by atoms with E-state index in [9.17, 15) is 4.79 Å². The molecule has 3 nitrogen and oxygen atoms in total. The van der Waals surface area contributed by atoms with Crippen LogP contribution in [-0.4, -0.2) is 17.6 Å². The highest BCUT2D eigenvalue weighted by molar-refractivity contribution is 6.05. The molecule has 1 aliphatic rings. The molecule has 0 saturated carbocycles. The predicted molar refractivity (Wildman–Crippen MR) is 67.2 cm³/mol. The molecule has 0 aliphatic carbocycles. The van der Waals surface area contributed by atoms with Crippen LogP contribution in [0.2, 0.25) is 0 Å². The second-order valence-corrected chi connectivity index (χ2v) is 4.84. The number of hydrogen-bond acceptors (Lipinski definition) is 3. The first kappa shape index (κ1) is 11.9. The van der Waals surface area contributed by atoms with Crippen molar-refractivity contribution in [1.29, 1.82) is 0 Å². The van der Waals surface area contributed by atoms with Crippen LogP contribution >= 0.6 is 0 Å². The van der Waals surface area contributed by atoms with Crippen LogP contribution in [0, 0.1) is 0 Å². The van der Waals surface area contributed by atoms with Crippen molar-refractivity contribution in [2.75, 3.05) is 0 Å². The van der Waals surface area contributed by atoms with E-state index in [0.717, 1.165) is 11.1 Å². The van der Waals surface area contributed by atoms with E-state index in [1.165, 1.54) is 0 Å². The Kier molecular flexibility index (Phi) is 2.79. The minimum absolute atomic E-state index is 0.302. The van der Waals surface area contributed by atoms with Crippen LogP contribution < -0.4 is 5.73 Å². The van der Waals surface area contributed by atoms with Gasteiger partial charge in [0, 0.05) is 11.6 Å². The number of carbonyl (C=O) groups excluding carboxylic acids is 1. The van der Waals surface area contributed by atoms with Crippen LogP contribution in [0.4, 0.5) is 0 Å². The van der Waals surface area contributed by atoms with Gasteiger partial charge < -0.3 is 10.5 Å². The highest BCUT2D eigenvalue weighted by Gasteiger charge is 2.41.